The van der Waals surface area contributed by atoms with Crippen molar-refractivity contribution >= 4 is 29.3 Å². The molecule has 45 heavy (non-hydrogen) atoms. The van der Waals surface area contributed by atoms with E-state index < -0.39 is 34.2 Å². The molecular formula is C32H35F2N7O4. The molecule has 236 valence electrons. The number of nitrogens with one attached hydrogen (secondary N) is 2. The highest BCUT2D eigenvalue weighted by molar-refractivity contribution is 6.06. The summed E-state index contributed by atoms with van der Waals surface area (Å²) in [5.74, 6) is -0.310. The number of hydrogen-bond donors (Lipinski definition) is 3. The number of carboxylic acid groups (broad SMARTS) is 1. The van der Waals surface area contributed by atoms with Crippen molar-refractivity contribution in [2.75, 3.05) is 17.2 Å². The average Bonchev–Trinajstić information content (AvgIpc) is 3.56. The highest BCUT2D eigenvalue weighted by Gasteiger charge is 2.54. The van der Waals surface area contributed by atoms with E-state index >= 15 is 0 Å². The predicted molar refractivity (Wildman–Crippen MR) is 163 cm³/mol. The van der Waals surface area contributed by atoms with Crippen LogP contribution >= 0.6 is 0 Å². The molecule has 0 unspecified atom stereocenters. The summed E-state index contributed by atoms with van der Waals surface area (Å²) in [7, 11) is 0. The molecule has 1 aliphatic heterocycles. The van der Waals surface area contributed by atoms with E-state index in [0.717, 1.165) is 0 Å². The van der Waals surface area contributed by atoms with Crippen LogP contribution in [0.1, 0.15) is 64.3 Å². The fourth-order valence-corrected chi connectivity index (χ4v) is 6.19. The minimum Gasteiger partial charge on any atom is -0.485 e. The molecule has 2 amide bonds. The van der Waals surface area contributed by atoms with E-state index in [4.69, 9.17) is 14.7 Å². The molecule has 13 heteroatoms. The molecule has 1 saturated carbocycles. The van der Waals surface area contributed by atoms with Crippen LogP contribution in [0, 0.1) is 18.6 Å². The van der Waals surface area contributed by atoms with Crippen LogP contribution in [0.2, 0.25) is 0 Å². The highest BCUT2D eigenvalue weighted by Crippen LogP contribution is 2.47. The number of nitrogens with zero attached hydrogens (tertiary/aromatic N) is 5. The van der Waals surface area contributed by atoms with Gasteiger partial charge >= 0.3 is 6.09 Å². The number of amides is 2. The number of pyridine rings is 1. The molecule has 1 aromatic carbocycles. The maximum atomic E-state index is 14.2. The zero-order chi connectivity index (χ0) is 32.5. The fourth-order valence-electron chi connectivity index (χ4n) is 6.19. The van der Waals surface area contributed by atoms with Gasteiger partial charge in [-0.3, -0.25) is 14.1 Å². The van der Waals surface area contributed by atoms with Crippen LogP contribution in [-0.4, -0.2) is 59.0 Å². The van der Waals surface area contributed by atoms with Crippen molar-refractivity contribution in [3.8, 4) is 17.3 Å². The first kappa shape index (κ1) is 30.2. The Morgan fingerprint density at radius 1 is 1.13 bits per heavy atom. The maximum absolute atomic E-state index is 14.2. The van der Waals surface area contributed by atoms with Gasteiger partial charge in [-0.15, -0.1) is 0 Å². The van der Waals surface area contributed by atoms with Gasteiger partial charge in [-0.2, -0.15) is 0 Å². The van der Waals surface area contributed by atoms with E-state index in [1.807, 2.05) is 20.8 Å². The van der Waals surface area contributed by atoms with Gasteiger partial charge in [-0.25, -0.2) is 28.5 Å². The van der Waals surface area contributed by atoms with Gasteiger partial charge in [0.15, 0.2) is 17.2 Å². The molecule has 4 aromatic rings. The van der Waals surface area contributed by atoms with Crippen LogP contribution < -0.4 is 15.4 Å². The number of benzene rings is 1. The lowest BCUT2D eigenvalue weighted by Gasteiger charge is -2.40. The van der Waals surface area contributed by atoms with E-state index in [9.17, 15) is 23.5 Å². The number of anilines is 2. The molecule has 4 heterocycles. The van der Waals surface area contributed by atoms with Gasteiger partial charge in [0.1, 0.15) is 35.6 Å². The van der Waals surface area contributed by atoms with Gasteiger partial charge in [0.05, 0.1) is 27.8 Å². The molecule has 0 bridgehead atoms. The van der Waals surface area contributed by atoms with Gasteiger partial charge in [0.25, 0.3) is 0 Å². The molecule has 0 radical (unpaired) electrons. The number of rotatable bonds is 8. The third-order valence-electron chi connectivity index (χ3n) is 8.52. The van der Waals surface area contributed by atoms with Gasteiger partial charge in [0.2, 0.25) is 5.91 Å². The summed E-state index contributed by atoms with van der Waals surface area (Å²) in [4.78, 5) is 41.1. The first-order valence-corrected chi connectivity index (χ1v) is 14.7. The molecule has 3 N–H and O–H groups in total. The smallest absolute Gasteiger partial charge is 0.408 e. The number of imidazole rings is 1. The van der Waals surface area contributed by atoms with E-state index in [-0.39, 0.29) is 23.9 Å². The number of halogens is 2. The van der Waals surface area contributed by atoms with Crippen molar-refractivity contribution in [3.63, 3.8) is 0 Å². The molecule has 11 nitrogen and oxygen atoms in total. The van der Waals surface area contributed by atoms with E-state index in [1.54, 1.807) is 43.5 Å². The van der Waals surface area contributed by atoms with E-state index in [1.165, 1.54) is 23.1 Å². The number of carbonyl (C=O) groups is 2. The van der Waals surface area contributed by atoms with Crippen molar-refractivity contribution < 1.29 is 28.2 Å². The average molecular weight is 620 g/mol. The molecular weight excluding hydrogens is 584 g/mol. The summed E-state index contributed by atoms with van der Waals surface area (Å²) in [6.45, 7) is 10.9. The molecule has 0 atom stereocenters. The van der Waals surface area contributed by atoms with Crippen molar-refractivity contribution in [2.45, 2.75) is 77.5 Å². The zero-order valence-corrected chi connectivity index (χ0v) is 26.0. The molecule has 3 aromatic heterocycles. The van der Waals surface area contributed by atoms with Gasteiger partial charge in [0, 0.05) is 18.3 Å². The van der Waals surface area contributed by atoms with Crippen LogP contribution in [-0.2, 0) is 16.8 Å². The zero-order valence-electron chi connectivity index (χ0n) is 26.0. The lowest BCUT2D eigenvalue weighted by Crippen LogP contribution is -2.55. The van der Waals surface area contributed by atoms with Gasteiger partial charge in [-0.05, 0) is 78.6 Å². The maximum Gasteiger partial charge on any atom is 0.408 e. The number of fused-ring (bicyclic) bond motifs is 2. The minimum atomic E-state index is -0.996. The van der Waals surface area contributed by atoms with Crippen LogP contribution in [0.4, 0.5) is 25.2 Å². The Labute approximate surface area is 258 Å². The quantitative estimate of drug-likeness (QED) is 0.222. The number of aryl methyl sites for hydroxylation is 1. The lowest BCUT2D eigenvalue weighted by molar-refractivity contribution is -0.119. The number of carbonyl (C=O) groups excluding carboxylic acids is 1. The minimum absolute atomic E-state index is 0.194. The van der Waals surface area contributed by atoms with Crippen molar-refractivity contribution in [2.24, 2.45) is 0 Å². The van der Waals surface area contributed by atoms with E-state index in [0.29, 0.717) is 59.4 Å². The molecule has 1 aliphatic carbocycles. The molecule has 1 fully saturated rings. The summed E-state index contributed by atoms with van der Waals surface area (Å²) < 4.78 is 36.0. The second-order valence-electron chi connectivity index (χ2n) is 13.2. The monoisotopic (exact) mass is 619 g/mol. The Morgan fingerprint density at radius 3 is 2.44 bits per heavy atom. The van der Waals surface area contributed by atoms with E-state index in [2.05, 4.69) is 15.6 Å². The Kier molecular flexibility index (Phi) is 6.98. The van der Waals surface area contributed by atoms with Crippen molar-refractivity contribution in [1.29, 1.82) is 0 Å². The van der Waals surface area contributed by atoms with Gasteiger partial charge in [-0.1, -0.05) is 6.07 Å². The molecule has 6 rings (SSSR count). The largest absolute Gasteiger partial charge is 0.485 e. The molecule has 0 saturated heterocycles. The Morgan fingerprint density at radius 2 is 1.82 bits per heavy atom. The summed E-state index contributed by atoms with van der Waals surface area (Å²) in [6.07, 6.45) is 2.14. The number of hydrogen-bond acceptors (Lipinski definition) is 7. The summed E-state index contributed by atoms with van der Waals surface area (Å²) in [5, 5.41) is 16.3. The van der Waals surface area contributed by atoms with Crippen molar-refractivity contribution in [3.05, 3.63) is 65.0 Å². The highest BCUT2D eigenvalue weighted by atomic mass is 19.1. The first-order valence-electron chi connectivity index (χ1n) is 14.7. The normalized spacial score (nSPS) is 16.3. The third kappa shape index (κ3) is 5.09. The summed E-state index contributed by atoms with van der Waals surface area (Å²) >= 11 is 0. The summed E-state index contributed by atoms with van der Waals surface area (Å²) in [5.41, 5.74) is -0.310. The SMILES string of the molecule is Cc1nc2c(OCc3c(F)cccc3F)cccn2c1-c1nc(NCC2(N(C(=O)O)C(C)(C)C)CC2)c2c(n1)NC(=O)C2(C)C. The second kappa shape index (κ2) is 10.4. The summed E-state index contributed by atoms with van der Waals surface area (Å²) in [6, 6.07) is 7.00. The van der Waals surface area contributed by atoms with Crippen LogP contribution in [0.15, 0.2) is 36.5 Å². The first-order chi connectivity index (χ1) is 21.1. The van der Waals surface area contributed by atoms with Crippen molar-refractivity contribution in [1.82, 2.24) is 24.3 Å². The Balaban J connectivity index is 1.39. The molecule has 2 aliphatic rings. The van der Waals surface area contributed by atoms with Gasteiger partial charge < -0.3 is 20.5 Å². The van der Waals surface area contributed by atoms with Crippen LogP contribution in [0.5, 0.6) is 5.75 Å². The lowest BCUT2D eigenvalue weighted by atomic mass is 9.87. The van der Waals surface area contributed by atoms with Crippen LogP contribution in [0.3, 0.4) is 0 Å². The second-order valence-corrected chi connectivity index (χ2v) is 13.2. The number of aromatic nitrogens is 4. The fraction of sp³-hybridized carbons (Fsp3) is 0.406. The predicted octanol–water partition coefficient (Wildman–Crippen LogP) is 5.91. The topological polar surface area (TPSA) is 134 Å². The molecule has 0 spiro atoms. The standard InChI is InChI=1S/C32H35F2N7O4/c1-17-23(40-14-8-11-21(27(40)36-17)45-15-18-19(33)9-7-10-20(18)34)26-37-24(22-25(38-26)39-28(42)31(22,5)6)35-16-32(12-13-32)41(29(43)44)30(2,3)4/h7-11,14H,12-13,15-16H2,1-6H3,(H,43,44)(H2,35,37,38,39,42). The Bertz CT molecular complexity index is 1840. The number of ether oxygens (including phenoxy) is 1. The van der Waals surface area contributed by atoms with Crippen LogP contribution in [0.25, 0.3) is 17.2 Å². The Hall–Kier alpha value is -4.81. The third-order valence-corrected chi connectivity index (χ3v) is 8.52.